The van der Waals surface area contributed by atoms with Crippen molar-refractivity contribution in [3.05, 3.63) is 41.1 Å². The summed E-state index contributed by atoms with van der Waals surface area (Å²) in [6.45, 7) is 1.13. The number of allylic oxidation sites excluding steroid dienone is 1. The summed E-state index contributed by atoms with van der Waals surface area (Å²) < 4.78 is 0. The Bertz CT molecular complexity index is 352. The van der Waals surface area contributed by atoms with Gasteiger partial charge in [0.25, 0.3) is 0 Å². The Balaban J connectivity index is 2.21. The van der Waals surface area contributed by atoms with Gasteiger partial charge < -0.3 is 5.32 Å². The second-order valence-electron chi connectivity index (χ2n) is 3.54. The van der Waals surface area contributed by atoms with Crippen LogP contribution in [-0.4, -0.2) is 6.54 Å². The number of benzene rings is 1. The maximum Gasteiger partial charge on any atom is 0.0254 e. The van der Waals surface area contributed by atoms with E-state index in [4.69, 9.17) is 0 Å². The lowest BCUT2D eigenvalue weighted by Crippen LogP contribution is -2.08. The highest BCUT2D eigenvalue weighted by molar-refractivity contribution is 5.61. The van der Waals surface area contributed by atoms with Gasteiger partial charge in [0, 0.05) is 18.2 Å². The Morgan fingerprint density at radius 3 is 3.33 bits per heavy atom. The molecule has 1 heteroatoms. The third-order valence-electron chi connectivity index (χ3n) is 2.77. The average Bonchev–Trinajstić information content (AvgIpc) is 2.53. The van der Waals surface area contributed by atoms with Gasteiger partial charge in [0.2, 0.25) is 0 Å². The first-order chi connectivity index (χ1) is 5.93. The maximum atomic E-state index is 3.43. The Morgan fingerprint density at radius 1 is 1.33 bits per heavy atom. The molecule has 1 heterocycles. The first-order valence-corrected chi connectivity index (χ1v) is 4.49. The molecule has 1 atom stereocenters. The number of fused-ring (bicyclic) bond motifs is 4. The quantitative estimate of drug-likeness (QED) is 0.608. The van der Waals surface area contributed by atoms with E-state index >= 15 is 0 Å². The van der Waals surface area contributed by atoms with Crippen LogP contribution in [0.1, 0.15) is 23.5 Å². The molecule has 1 fully saturated rings. The highest BCUT2D eigenvalue weighted by Gasteiger charge is 2.24. The van der Waals surface area contributed by atoms with E-state index in [2.05, 4.69) is 35.7 Å². The van der Waals surface area contributed by atoms with Gasteiger partial charge in [-0.1, -0.05) is 24.3 Å². The van der Waals surface area contributed by atoms with E-state index < -0.39 is 0 Å². The molecule has 0 spiro atoms. The Kier molecular flexibility index (Phi) is 1.12. The minimum atomic E-state index is 0.665. The number of hydrogen-bond acceptors (Lipinski definition) is 1. The largest absolute Gasteiger partial charge is 0.388 e. The van der Waals surface area contributed by atoms with Crippen LogP contribution in [0.4, 0.5) is 0 Å². The molecular formula is C11H11N. The molecule has 0 aromatic heterocycles. The summed E-state index contributed by atoms with van der Waals surface area (Å²) in [5, 5.41) is 3.43. The van der Waals surface area contributed by atoms with Gasteiger partial charge >= 0.3 is 0 Å². The predicted molar refractivity (Wildman–Crippen MR) is 49.8 cm³/mol. The lowest BCUT2D eigenvalue weighted by molar-refractivity contribution is 0.823. The summed E-state index contributed by atoms with van der Waals surface area (Å²) in [6.07, 6.45) is 3.53. The van der Waals surface area contributed by atoms with Crippen LogP contribution in [0.3, 0.4) is 0 Å². The summed E-state index contributed by atoms with van der Waals surface area (Å²) in [4.78, 5) is 0. The van der Waals surface area contributed by atoms with Crippen molar-refractivity contribution in [3.8, 4) is 0 Å². The molecule has 60 valence electrons. The van der Waals surface area contributed by atoms with Crippen molar-refractivity contribution in [1.29, 1.82) is 0 Å². The minimum Gasteiger partial charge on any atom is -0.388 e. The van der Waals surface area contributed by atoms with Gasteiger partial charge in [-0.25, -0.2) is 0 Å². The first kappa shape index (κ1) is 6.30. The summed E-state index contributed by atoms with van der Waals surface area (Å²) in [6, 6.07) is 8.83. The summed E-state index contributed by atoms with van der Waals surface area (Å²) in [7, 11) is 0. The van der Waals surface area contributed by atoms with Crippen LogP contribution in [0.15, 0.2) is 30.0 Å². The lowest BCUT2D eigenvalue weighted by atomic mass is 9.89. The fourth-order valence-corrected chi connectivity index (χ4v) is 2.18. The summed E-state index contributed by atoms with van der Waals surface area (Å²) in [5.74, 6) is 0.665. The van der Waals surface area contributed by atoms with E-state index in [9.17, 15) is 0 Å². The van der Waals surface area contributed by atoms with Crippen LogP contribution in [0, 0.1) is 0 Å². The molecule has 1 saturated heterocycles. The molecular weight excluding hydrogens is 146 g/mol. The fourth-order valence-electron chi connectivity index (χ4n) is 2.18. The Hall–Kier alpha value is -1.24. The SMILES string of the molecule is C1=C2NCCC2c2cccc1c2. The molecule has 1 aromatic carbocycles. The van der Waals surface area contributed by atoms with Crippen molar-refractivity contribution in [2.24, 2.45) is 0 Å². The molecule has 1 aromatic rings. The topological polar surface area (TPSA) is 12.0 Å². The molecule has 1 N–H and O–H groups in total. The Morgan fingerprint density at radius 2 is 2.33 bits per heavy atom. The van der Waals surface area contributed by atoms with Crippen molar-refractivity contribution in [1.82, 2.24) is 5.32 Å². The average molecular weight is 157 g/mol. The smallest absolute Gasteiger partial charge is 0.0254 e. The molecule has 2 bridgehead atoms. The van der Waals surface area contributed by atoms with Crippen LogP contribution in [-0.2, 0) is 0 Å². The standard InChI is InChI=1S/C11H11N/c1-2-8-6-9(3-1)10-4-5-12-11(10)7-8/h1-3,6-7,10,12H,4-5H2. The Labute approximate surface area is 72.1 Å². The second kappa shape index (κ2) is 2.13. The second-order valence-corrected chi connectivity index (χ2v) is 3.54. The van der Waals surface area contributed by atoms with Crippen LogP contribution in [0.25, 0.3) is 6.08 Å². The molecule has 3 rings (SSSR count). The van der Waals surface area contributed by atoms with E-state index in [0.29, 0.717) is 5.92 Å². The van der Waals surface area contributed by atoms with Gasteiger partial charge in [-0.2, -0.15) is 0 Å². The molecule has 1 nitrogen and oxygen atoms in total. The molecule has 12 heavy (non-hydrogen) atoms. The normalized spacial score (nSPS) is 24.3. The summed E-state index contributed by atoms with van der Waals surface area (Å²) in [5.41, 5.74) is 4.24. The van der Waals surface area contributed by atoms with E-state index in [1.54, 1.807) is 0 Å². The van der Waals surface area contributed by atoms with Crippen LogP contribution < -0.4 is 5.32 Å². The van der Waals surface area contributed by atoms with Gasteiger partial charge in [-0.3, -0.25) is 0 Å². The highest BCUT2D eigenvalue weighted by atomic mass is 14.9. The number of nitrogens with one attached hydrogen (secondary N) is 1. The predicted octanol–water partition coefficient (Wildman–Crippen LogP) is 2.12. The monoisotopic (exact) mass is 157 g/mol. The van der Waals surface area contributed by atoms with Crippen LogP contribution >= 0.6 is 0 Å². The maximum absolute atomic E-state index is 3.43. The van der Waals surface area contributed by atoms with Gasteiger partial charge in [-0.05, 0) is 23.6 Å². The van der Waals surface area contributed by atoms with Crippen molar-refractivity contribution in [2.75, 3.05) is 6.54 Å². The molecule has 0 radical (unpaired) electrons. The molecule has 1 unspecified atom stereocenters. The van der Waals surface area contributed by atoms with Crippen molar-refractivity contribution >= 4 is 6.08 Å². The molecule has 1 aliphatic carbocycles. The lowest BCUT2D eigenvalue weighted by Gasteiger charge is -2.17. The van der Waals surface area contributed by atoms with Crippen molar-refractivity contribution in [2.45, 2.75) is 12.3 Å². The van der Waals surface area contributed by atoms with E-state index in [1.165, 1.54) is 23.2 Å². The molecule has 0 saturated carbocycles. The summed E-state index contributed by atoms with van der Waals surface area (Å²) >= 11 is 0. The van der Waals surface area contributed by atoms with E-state index in [-0.39, 0.29) is 0 Å². The molecule has 2 aliphatic rings. The van der Waals surface area contributed by atoms with Crippen molar-refractivity contribution in [3.63, 3.8) is 0 Å². The highest BCUT2D eigenvalue weighted by Crippen LogP contribution is 2.35. The zero-order valence-electron chi connectivity index (χ0n) is 6.88. The van der Waals surface area contributed by atoms with E-state index in [1.807, 2.05) is 0 Å². The first-order valence-electron chi connectivity index (χ1n) is 4.49. The van der Waals surface area contributed by atoms with Gasteiger partial charge in [0.1, 0.15) is 0 Å². The zero-order valence-corrected chi connectivity index (χ0v) is 6.88. The van der Waals surface area contributed by atoms with Crippen molar-refractivity contribution < 1.29 is 0 Å². The van der Waals surface area contributed by atoms with E-state index in [0.717, 1.165) is 6.54 Å². The van der Waals surface area contributed by atoms with Gasteiger partial charge in [0.05, 0.1) is 0 Å². The minimum absolute atomic E-state index is 0.665. The fraction of sp³-hybridized carbons (Fsp3) is 0.273. The third kappa shape index (κ3) is 0.737. The van der Waals surface area contributed by atoms with Gasteiger partial charge in [0.15, 0.2) is 0 Å². The third-order valence-corrected chi connectivity index (χ3v) is 2.77. The van der Waals surface area contributed by atoms with Crippen LogP contribution in [0.2, 0.25) is 0 Å². The van der Waals surface area contributed by atoms with Crippen LogP contribution in [0.5, 0.6) is 0 Å². The molecule has 0 amide bonds. The number of hydrogen-bond donors (Lipinski definition) is 1. The zero-order chi connectivity index (χ0) is 7.97. The molecule has 1 aliphatic heterocycles. The van der Waals surface area contributed by atoms with Gasteiger partial charge in [-0.15, -0.1) is 0 Å². The number of rotatable bonds is 0.